The van der Waals surface area contributed by atoms with E-state index in [1.807, 2.05) is 4.57 Å². The molecule has 0 aromatic carbocycles. The van der Waals surface area contributed by atoms with Crippen LogP contribution in [0, 0.1) is 0 Å². The molecule has 1 N–H and O–H groups in total. The van der Waals surface area contributed by atoms with Crippen LogP contribution in [-0.2, 0) is 16.1 Å². The van der Waals surface area contributed by atoms with Crippen LogP contribution in [0.3, 0.4) is 0 Å². The number of carbonyl (C=O) groups is 2. The summed E-state index contributed by atoms with van der Waals surface area (Å²) < 4.78 is 1.90. The zero-order chi connectivity index (χ0) is 13.4. The van der Waals surface area contributed by atoms with Crippen LogP contribution in [0.4, 0.5) is 0 Å². The first-order chi connectivity index (χ1) is 9.16. The summed E-state index contributed by atoms with van der Waals surface area (Å²) in [6.45, 7) is 0.728. The van der Waals surface area contributed by atoms with Crippen molar-refractivity contribution in [2.24, 2.45) is 0 Å². The largest absolute Gasteiger partial charge is 0.321 e. The molecule has 19 heavy (non-hydrogen) atoms. The van der Waals surface area contributed by atoms with E-state index in [2.05, 4.69) is 10.3 Å². The van der Waals surface area contributed by atoms with Crippen LogP contribution in [-0.4, -0.2) is 39.4 Å². The van der Waals surface area contributed by atoms with Crippen molar-refractivity contribution >= 4 is 11.8 Å². The van der Waals surface area contributed by atoms with Crippen LogP contribution in [0.1, 0.15) is 37.4 Å². The number of imidazole rings is 1. The van der Waals surface area contributed by atoms with Gasteiger partial charge in [0.25, 0.3) is 5.91 Å². The topological polar surface area (TPSA) is 67.2 Å². The molecule has 1 aliphatic carbocycles. The molecule has 3 rings (SSSR count). The number of amides is 2. The maximum absolute atomic E-state index is 12.2. The second-order valence-corrected chi connectivity index (χ2v) is 5.29. The van der Waals surface area contributed by atoms with Crippen molar-refractivity contribution in [3.8, 4) is 0 Å². The van der Waals surface area contributed by atoms with E-state index < -0.39 is 0 Å². The minimum absolute atomic E-state index is 0.0981. The van der Waals surface area contributed by atoms with Crippen molar-refractivity contribution in [2.75, 3.05) is 7.05 Å². The minimum atomic E-state index is -0.291. The highest BCUT2D eigenvalue weighted by Crippen LogP contribution is 2.25. The Kier molecular flexibility index (Phi) is 3.10. The van der Waals surface area contributed by atoms with Crippen LogP contribution < -0.4 is 5.32 Å². The van der Waals surface area contributed by atoms with Gasteiger partial charge in [0.05, 0.1) is 12.0 Å². The van der Waals surface area contributed by atoms with Crippen molar-refractivity contribution in [3.05, 3.63) is 18.2 Å². The molecule has 1 atom stereocenters. The molecule has 1 saturated carbocycles. The van der Waals surface area contributed by atoms with E-state index in [-0.39, 0.29) is 17.9 Å². The van der Waals surface area contributed by atoms with Gasteiger partial charge in [0.2, 0.25) is 5.91 Å². The Morgan fingerprint density at radius 2 is 2.16 bits per heavy atom. The Hall–Kier alpha value is -1.69. The summed E-state index contributed by atoms with van der Waals surface area (Å²) in [6.07, 6.45) is 6.92. The number of carbonyl (C=O) groups excluding carboxylic acids is 2. The van der Waals surface area contributed by atoms with Gasteiger partial charge in [-0.1, -0.05) is 0 Å². The molecule has 6 nitrogen and oxygen atoms in total. The summed E-state index contributed by atoms with van der Waals surface area (Å²) in [5.74, 6) is -0.235. The van der Waals surface area contributed by atoms with Gasteiger partial charge in [0, 0.05) is 32.3 Å². The zero-order valence-corrected chi connectivity index (χ0v) is 11.0. The number of aromatic nitrogens is 2. The van der Waals surface area contributed by atoms with Crippen molar-refractivity contribution in [1.29, 1.82) is 0 Å². The van der Waals surface area contributed by atoms with E-state index in [0.717, 1.165) is 12.2 Å². The molecule has 0 spiro atoms. The number of nitrogens with zero attached hydrogens (tertiary/aromatic N) is 3. The lowest BCUT2D eigenvalue weighted by Crippen LogP contribution is -2.43. The fourth-order valence-corrected chi connectivity index (χ4v) is 2.44. The van der Waals surface area contributed by atoms with Gasteiger partial charge in [-0.25, -0.2) is 4.98 Å². The van der Waals surface area contributed by atoms with Gasteiger partial charge in [0.15, 0.2) is 0 Å². The third kappa shape index (κ3) is 2.40. The number of rotatable bonds is 4. The first-order valence-corrected chi connectivity index (χ1v) is 6.71. The van der Waals surface area contributed by atoms with Crippen molar-refractivity contribution in [3.63, 3.8) is 0 Å². The third-order valence-electron chi connectivity index (χ3n) is 3.85. The molecule has 1 saturated heterocycles. The maximum Gasteiger partial charge on any atom is 0.252 e. The summed E-state index contributed by atoms with van der Waals surface area (Å²) >= 11 is 0. The number of hydrogen-bond donors (Lipinski definition) is 1. The van der Waals surface area contributed by atoms with Gasteiger partial charge >= 0.3 is 0 Å². The monoisotopic (exact) mass is 262 g/mol. The summed E-state index contributed by atoms with van der Waals surface area (Å²) in [4.78, 5) is 29.0. The summed E-state index contributed by atoms with van der Waals surface area (Å²) in [5.41, 5.74) is 1.01. The Labute approximate surface area is 111 Å². The molecule has 2 aliphatic rings. The van der Waals surface area contributed by atoms with Crippen LogP contribution in [0.15, 0.2) is 12.5 Å². The van der Waals surface area contributed by atoms with Gasteiger partial charge in [-0.05, 0) is 19.3 Å². The van der Waals surface area contributed by atoms with Crippen LogP contribution in [0.2, 0.25) is 0 Å². The third-order valence-corrected chi connectivity index (χ3v) is 3.85. The van der Waals surface area contributed by atoms with Crippen molar-refractivity contribution < 1.29 is 9.59 Å². The van der Waals surface area contributed by atoms with Gasteiger partial charge in [0.1, 0.15) is 6.04 Å². The van der Waals surface area contributed by atoms with Crippen LogP contribution in [0.5, 0.6) is 0 Å². The Bertz CT molecular complexity index is 506. The van der Waals surface area contributed by atoms with E-state index in [9.17, 15) is 9.59 Å². The molecule has 0 radical (unpaired) electrons. The smallest absolute Gasteiger partial charge is 0.252 e. The molecular weight excluding hydrogens is 244 g/mol. The molecule has 2 fully saturated rings. The number of likely N-dealkylation sites (tertiary alicyclic amines) is 1. The highest BCUT2D eigenvalue weighted by molar-refractivity contribution is 5.99. The molecule has 2 amide bonds. The number of imide groups is 1. The molecule has 1 aromatic rings. The Balaban J connectivity index is 1.75. The molecule has 1 aliphatic heterocycles. The quantitative estimate of drug-likeness (QED) is 0.800. The van der Waals surface area contributed by atoms with E-state index in [1.165, 1.54) is 17.7 Å². The van der Waals surface area contributed by atoms with Crippen molar-refractivity contribution in [2.45, 2.75) is 44.3 Å². The maximum atomic E-state index is 12.2. The Morgan fingerprint density at radius 3 is 2.89 bits per heavy atom. The molecule has 1 unspecified atom stereocenters. The van der Waals surface area contributed by atoms with E-state index in [1.54, 1.807) is 19.6 Å². The molecule has 1 aromatic heterocycles. The molecule has 6 heteroatoms. The number of likely N-dealkylation sites (N-methyl/N-ethyl adjacent to an activating group) is 1. The van der Waals surface area contributed by atoms with Crippen LogP contribution >= 0.6 is 0 Å². The van der Waals surface area contributed by atoms with E-state index in [4.69, 9.17) is 0 Å². The lowest BCUT2D eigenvalue weighted by atomic mass is 10.0. The standard InChI is InChI=1S/C13H18N4O2/c1-16-12(18)5-4-11(13(16)19)17-8-14-6-10(17)7-15-9-2-3-9/h6,8-9,11,15H,2-5,7H2,1H3. The minimum Gasteiger partial charge on any atom is -0.321 e. The fraction of sp³-hybridized carbons (Fsp3) is 0.615. The molecular formula is C13H18N4O2. The normalized spacial score (nSPS) is 24.1. The highest BCUT2D eigenvalue weighted by atomic mass is 16.2. The summed E-state index contributed by atoms with van der Waals surface area (Å²) in [6, 6.07) is 0.330. The number of nitrogens with one attached hydrogen (secondary N) is 1. The SMILES string of the molecule is CN1C(=O)CCC(n2cncc2CNC2CC2)C1=O. The summed E-state index contributed by atoms with van der Waals surface area (Å²) in [5, 5.41) is 3.42. The number of hydrogen-bond acceptors (Lipinski definition) is 4. The van der Waals surface area contributed by atoms with Gasteiger partial charge in [-0.2, -0.15) is 0 Å². The Morgan fingerprint density at radius 1 is 1.37 bits per heavy atom. The predicted octanol–water partition coefficient (Wildman–Crippen LogP) is 0.455. The average molecular weight is 262 g/mol. The number of piperidine rings is 1. The first kappa shape index (κ1) is 12.3. The zero-order valence-electron chi connectivity index (χ0n) is 11.0. The van der Waals surface area contributed by atoms with Crippen LogP contribution in [0.25, 0.3) is 0 Å². The van der Waals surface area contributed by atoms with Gasteiger partial charge in [-0.3, -0.25) is 14.5 Å². The lowest BCUT2D eigenvalue weighted by Gasteiger charge is -2.29. The molecule has 102 valence electrons. The second-order valence-electron chi connectivity index (χ2n) is 5.29. The predicted molar refractivity (Wildman–Crippen MR) is 68.1 cm³/mol. The fourth-order valence-electron chi connectivity index (χ4n) is 2.44. The van der Waals surface area contributed by atoms with Crippen molar-refractivity contribution in [1.82, 2.24) is 19.8 Å². The highest BCUT2D eigenvalue weighted by Gasteiger charge is 2.33. The van der Waals surface area contributed by atoms with Gasteiger partial charge < -0.3 is 9.88 Å². The molecule has 2 heterocycles. The molecule has 0 bridgehead atoms. The first-order valence-electron chi connectivity index (χ1n) is 6.71. The van der Waals surface area contributed by atoms with E-state index >= 15 is 0 Å². The lowest BCUT2D eigenvalue weighted by molar-refractivity contribution is -0.149. The van der Waals surface area contributed by atoms with E-state index in [0.29, 0.717) is 18.9 Å². The van der Waals surface area contributed by atoms with Gasteiger partial charge in [-0.15, -0.1) is 0 Å². The summed E-state index contributed by atoms with van der Waals surface area (Å²) in [7, 11) is 1.55. The average Bonchev–Trinajstić information content (AvgIpc) is 3.12. The second kappa shape index (κ2) is 4.77.